The third-order valence-corrected chi connectivity index (χ3v) is 2.98. The molecule has 0 saturated carbocycles. The van der Waals surface area contributed by atoms with E-state index in [0.717, 1.165) is 0 Å². The number of hydrogen-bond donors (Lipinski definition) is 1. The van der Waals surface area contributed by atoms with Gasteiger partial charge in [-0.2, -0.15) is 0 Å². The number of nitrogens with one attached hydrogen (secondary N) is 1. The topological polar surface area (TPSA) is 90.0 Å². The van der Waals surface area contributed by atoms with Crippen LogP contribution < -0.4 is 10.9 Å². The number of carbonyl (C=O) groups excluding carboxylic acids is 1. The molecule has 7 nitrogen and oxygen atoms in total. The Morgan fingerprint density at radius 3 is 2.90 bits per heavy atom. The molecule has 1 unspecified atom stereocenters. The van der Waals surface area contributed by atoms with Gasteiger partial charge in [0.2, 0.25) is 0 Å². The molecule has 0 bridgehead atoms. The number of aromatic nitrogens is 3. The normalized spacial score (nSPS) is 12.1. The Balaban J connectivity index is 2.23. The Kier molecular flexibility index (Phi) is 4.29. The maximum Gasteiger partial charge on any atom is 0.293 e. The summed E-state index contributed by atoms with van der Waals surface area (Å²) in [5.41, 5.74) is -0.325. The van der Waals surface area contributed by atoms with Crippen LogP contribution in [-0.4, -0.2) is 20.5 Å². The van der Waals surface area contributed by atoms with Gasteiger partial charge in [0.25, 0.3) is 5.56 Å². The van der Waals surface area contributed by atoms with Crippen LogP contribution in [0.1, 0.15) is 32.1 Å². The van der Waals surface area contributed by atoms with E-state index in [9.17, 15) is 9.59 Å². The van der Waals surface area contributed by atoms with Crippen LogP contribution in [0.25, 0.3) is 0 Å². The number of ketones is 1. The van der Waals surface area contributed by atoms with E-state index < -0.39 is 6.04 Å². The van der Waals surface area contributed by atoms with E-state index in [-0.39, 0.29) is 17.2 Å². The number of anilines is 1. The first-order valence-electron chi connectivity index (χ1n) is 6.34. The van der Waals surface area contributed by atoms with Crippen molar-refractivity contribution in [2.45, 2.75) is 32.9 Å². The summed E-state index contributed by atoms with van der Waals surface area (Å²) in [5.74, 6) is 0.728. The molecular formula is C13H16N4O3. The van der Waals surface area contributed by atoms with Crippen LogP contribution >= 0.6 is 0 Å². The Morgan fingerprint density at radius 2 is 2.30 bits per heavy atom. The van der Waals surface area contributed by atoms with Crippen molar-refractivity contribution in [3.63, 3.8) is 0 Å². The lowest BCUT2D eigenvalue weighted by molar-refractivity contribution is -0.120. The second kappa shape index (κ2) is 6.14. The number of rotatable bonds is 6. The Labute approximate surface area is 115 Å². The molecule has 0 aliphatic rings. The summed E-state index contributed by atoms with van der Waals surface area (Å²) in [6.07, 6.45) is 5.10. The molecule has 0 fully saturated rings. The van der Waals surface area contributed by atoms with E-state index >= 15 is 0 Å². The minimum absolute atomic E-state index is 0.0537. The summed E-state index contributed by atoms with van der Waals surface area (Å²) in [4.78, 5) is 27.8. The summed E-state index contributed by atoms with van der Waals surface area (Å²) in [6, 6.07) is 1.23. The summed E-state index contributed by atoms with van der Waals surface area (Å²) >= 11 is 0. The molecule has 0 amide bonds. The average Bonchev–Trinajstić information content (AvgIpc) is 2.93. The van der Waals surface area contributed by atoms with Crippen LogP contribution in [0.5, 0.6) is 0 Å². The molecule has 2 heterocycles. The van der Waals surface area contributed by atoms with Gasteiger partial charge in [-0.3, -0.25) is 9.59 Å². The van der Waals surface area contributed by atoms with Crippen LogP contribution in [0.4, 0.5) is 5.82 Å². The molecule has 2 rings (SSSR count). The van der Waals surface area contributed by atoms with E-state index in [1.165, 1.54) is 30.1 Å². The van der Waals surface area contributed by atoms with Gasteiger partial charge in [-0.1, -0.05) is 12.1 Å². The predicted octanol–water partition coefficient (Wildman–Crippen LogP) is 1.38. The molecule has 2 aromatic heterocycles. The summed E-state index contributed by atoms with van der Waals surface area (Å²) in [6.45, 7) is 3.65. The lowest BCUT2D eigenvalue weighted by Crippen LogP contribution is -2.30. The van der Waals surface area contributed by atoms with Crippen molar-refractivity contribution in [2.24, 2.45) is 0 Å². The van der Waals surface area contributed by atoms with Crippen molar-refractivity contribution in [2.75, 3.05) is 5.32 Å². The molecule has 1 atom stereocenters. The molecule has 7 heteroatoms. The van der Waals surface area contributed by atoms with Gasteiger partial charge in [0.15, 0.2) is 17.4 Å². The van der Waals surface area contributed by atoms with Crippen molar-refractivity contribution in [1.29, 1.82) is 0 Å². The molecule has 0 saturated heterocycles. The summed E-state index contributed by atoms with van der Waals surface area (Å²) in [5, 5.41) is 6.46. The SMILES string of the molecule is CCC(C(C)=O)n1ccnc(NCc2ccno2)c1=O. The average molecular weight is 276 g/mol. The lowest BCUT2D eigenvalue weighted by atomic mass is 10.1. The summed E-state index contributed by atoms with van der Waals surface area (Å²) in [7, 11) is 0. The van der Waals surface area contributed by atoms with Crippen molar-refractivity contribution >= 4 is 11.6 Å². The van der Waals surface area contributed by atoms with E-state index in [0.29, 0.717) is 18.7 Å². The molecule has 106 valence electrons. The highest BCUT2D eigenvalue weighted by molar-refractivity contribution is 5.79. The summed E-state index contributed by atoms with van der Waals surface area (Å²) < 4.78 is 6.33. The highest BCUT2D eigenvalue weighted by Crippen LogP contribution is 2.10. The van der Waals surface area contributed by atoms with Crippen LogP contribution in [-0.2, 0) is 11.3 Å². The second-order valence-electron chi connectivity index (χ2n) is 4.36. The molecule has 0 aliphatic heterocycles. The van der Waals surface area contributed by atoms with Crippen LogP contribution in [0.15, 0.2) is 34.0 Å². The Morgan fingerprint density at radius 1 is 1.50 bits per heavy atom. The Bertz CT molecular complexity index is 633. The number of hydrogen-bond acceptors (Lipinski definition) is 6. The van der Waals surface area contributed by atoms with E-state index in [4.69, 9.17) is 4.52 Å². The van der Waals surface area contributed by atoms with Gasteiger partial charge in [0.05, 0.1) is 18.8 Å². The highest BCUT2D eigenvalue weighted by Gasteiger charge is 2.17. The smallest absolute Gasteiger partial charge is 0.293 e. The van der Waals surface area contributed by atoms with Gasteiger partial charge in [0.1, 0.15) is 0 Å². The zero-order valence-corrected chi connectivity index (χ0v) is 11.4. The molecule has 0 spiro atoms. The van der Waals surface area contributed by atoms with E-state index in [1.54, 1.807) is 6.07 Å². The van der Waals surface area contributed by atoms with Gasteiger partial charge in [-0.05, 0) is 13.3 Å². The molecule has 0 radical (unpaired) electrons. The fourth-order valence-corrected chi connectivity index (χ4v) is 1.98. The number of nitrogens with zero attached hydrogens (tertiary/aromatic N) is 3. The quantitative estimate of drug-likeness (QED) is 0.857. The first-order valence-corrected chi connectivity index (χ1v) is 6.34. The lowest BCUT2D eigenvalue weighted by Gasteiger charge is -2.15. The standard InChI is InChI=1S/C13H16N4O3/c1-3-11(9(2)18)17-7-6-14-12(13(17)19)15-8-10-4-5-16-20-10/h4-7,11H,3,8H2,1-2H3,(H,14,15). The molecular weight excluding hydrogens is 260 g/mol. The highest BCUT2D eigenvalue weighted by atomic mass is 16.5. The van der Waals surface area contributed by atoms with Gasteiger partial charge in [-0.15, -0.1) is 0 Å². The first-order chi connectivity index (χ1) is 9.63. The fourth-order valence-electron chi connectivity index (χ4n) is 1.98. The fraction of sp³-hybridized carbons (Fsp3) is 0.385. The zero-order valence-electron chi connectivity index (χ0n) is 11.4. The predicted molar refractivity (Wildman–Crippen MR) is 72.3 cm³/mol. The molecule has 0 aliphatic carbocycles. The minimum Gasteiger partial charge on any atom is -0.360 e. The van der Waals surface area contributed by atoms with Crippen LogP contribution in [0.2, 0.25) is 0 Å². The van der Waals surface area contributed by atoms with E-state index in [1.807, 2.05) is 6.92 Å². The third kappa shape index (κ3) is 2.93. The van der Waals surface area contributed by atoms with Crippen molar-refractivity contribution in [1.82, 2.24) is 14.7 Å². The zero-order chi connectivity index (χ0) is 14.5. The molecule has 0 aromatic carbocycles. The van der Waals surface area contributed by atoms with E-state index in [2.05, 4.69) is 15.5 Å². The minimum atomic E-state index is -0.462. The first kappa shape index (κ1) is 14.0. The molecule has 20 heavy (non-hydrogen) atoms. The molecule has 1 N–H and O–H groups in total. The number of carbonyl (C=O) groups is 1. The maximum atomic E-state index is 12.3. The van der Waals surface area contributed by atoms with Crippen LogP contribution in [0, 0.1) is 0 Å². The van der Waals surface area contributed by atoms with Gasteiger partial charge < -0.3 is 14.4 Å². The molecule has 2 aromatic rings. The second-order valence-corrected chi connectivity index (χ2v) is 4.36. The van der Waals surface area contributed by atoms with Gasteiger partial charge in [-0.25, -0.2) is 4.98 Å². The van der Waals surface area contributed by atoms with Crippen LogP contribution in [0.3, 0.4) is 0 Å². The largest absolute Gasteiger partial charge is 0.360 e. The Hall–Kier alpha value is -2.44. The monoisotopic (exact) mass is 276 g/mol. The third-order valence-electron chi connectivity index (χ3n) is 2.98. The maximum absolute atomic E-state index is 12.3. The van der Waals surface area contributed by atoms with Gasteiger partial charge in [0, 0.05) is 18.5 Å². The number of Topliss-reactive ketones (excluding diaryl/α,β-unsaturated/α-hetero) is 1. The van der Waals surface area contributed by atoms with Crippen molar-refractivity contribution in [3.05, 3.63) is 40.8 Å². The van der Waals surface area contributed by atoms with Crippen molar-refractivity contribution in [3.8, 4) is 0 Å². The van der Waals surface area contributed by atoms with Gasteiger partial charge >= 0.3 is 0 Å². The van der Waals surface area contributed by atoms with Crippen molar-refractivity contribution < 1.29 is 9.32 Å².